The Bertz CT molecular complexity index is 1650. The van der Waals surface area contributed by atoms with Gasteiger partial charge in [0.2, 0.25) is 11.8 Å². The van der Waals surface area contributed by atoms with Crippen molar-refractivity contribution in [1.82, 2.24) is 4.90 Å². The molecule has 3 aromatic rings. The van der Waals surface area contributed by atoms with Crippen LogP contribution in [0.2, 0.25) is 0 Å². The number of benzene rings is 3. The van der Waals surface area contributed by atoms with E-state index in [1.54, 1.807) is 77.8 Å². The second kappa shape index (κ2) is 9.95. The van der Waals surface area contributed by atoms with E-state index in [9.17, 15) is 32.3 Å². The van der Waals surface area contributed by atoms with Gasteiger partial charge in [-0.05, 0) is 36.4 Å². The molecule has 2 amide bonds. The summed E-state index contributed by atoms with van der Waals surface area (Å²) in [7, 11) is 0. The van der Waals surface area contributed by atoms with Crippen LogP contribution in [0.4, 0.5) is 18.9 Å². The standard InChI is InChI=1S/C31H20BrF3N2O4/c32-21-11-9-18(10-12-21)28(39)26-25-24(23-15-19(13-14-36(23)26)27(38)17-5-2-1-3-6-17)29(40)37(30(25)41)22-8-4-7-20(16-22)31(33,34)35/h1-16,23-26H/t23-,24-,25-,26+/m1/s1. The minimum Gasteiger partial charge on any atom is -0.359 e. The zero-order chi connectivity index (χ0) is 29.1. The Morgan fingerprint density at radius 3 is 2.17 bits per heavy atom. The van der Waals surface area contributed by atoms with E-state index >= 15 is 0 Å². The molecule has 3 aliphatic heterocycles. The van der Waals surface area contributed by atoms with E-state index in [4.69, 9.17) is 0 Å². The van der Waals surface area contributed by atoms with E-state index in [0.717, 1.165) is 27.6 Å². The summed E-state index contributed by atoms with van der Waals surface area (Å²) in [5, 5.41) is 0. The van der Waals surface area contributed by atoms with E-state index < -0.39 is 53.3 Å². The topological polar surface area (TPSA) is 74.8 Å². The van der Waals surface area contributed by atoms with Crippen molar-refractivity contribution >= 4 is 45.0 Å². The van der Waals surface area contributed by atoms with Crippen LogP contribution in [0.15, 0.2) is 107 Å². The van der Waals surface area contributed by atoms with Crippen LogP contribution in [0.5, 0.6) is 0 Å². The van der Waals surface area contributed by atoms with Crippen LogP contribution in [-0.4, -0.2) is 40.4 Å². The largest absolute Gasteiger partial charge is 0.416 e. The predicted octanol–water partition coefficient (Wildman–Crippen LogP) is 5.85. The Labute approximate surface area is 240 Å². The number of ketones is 2. The third-order valence-electron chi connectivity index (χ3n) is 7.68. The number of amides is 2. The molecule has 206 valence electrons. The first-order chi connectivity index (χ1) is 19.6. The van der Waals surface area contributed by atoms with Gasteiger partial charge in [-0.3, -0.25) is 19.2 Å². The molecule has 2 fully saturated rings. The number of halogens is 4. The van der Waals surface area contributed by atoms with Crippen LogP contribution in [0.1, 0.15) is 26.3 Å². The van der Waals surface area contributed by atoms with Crippen molar-refractivity contribution in [2.24, 2.45) is 11.8 Å². The SMILES string of the molecule is O=C(C1=C[C@@H]2[C@H]3C(=O)N(c4cccc(C(F)(F)F)c4)C(=O)[C@H]3[C@@H](C(=O)c3ccc(Br)cc3)N2C=C1)c1ccccc1. The van der Waals surface area contributed by atoms with Crippen LogP contribution >= 0.6 is 15.9 Å². The number of fused-ring (bicyclic) bond motifs is 3. The predicted molar refractivity (Wildman–Crippen MR) is 147 cm³/mol. The van der Waals surface area contributed by atoms with Crippen molar-refractivity contribution < 1.29 is 32.3 Å². The van der Waals surface area contributed by atoms with E-state index in [1.165, 1.54) is 6.07 Å². The summed E-state index contributed by atoms with van der Waals surface area (Å²) in [4.78, 5) is 57.2. The number of Topliss-reactive ketones (excluding diaryl/α,β-unsaturated/α-hetero) is 2. The quantitative estimate of drug-likeness (QED) is 0.264. The fourth-order valence-corrected chi connectivity index (χ4v) is 6.08. The van der Waals surface area contributed by atoms with Gasteiger partial charge in [0.25, 0.3) is 0 Å². The second-order valence-electron chi connectivity index (χ2n) is 10.00. The Morgan fingerprint density at radius 2 is 1.49 bits per heavy atom. The molecule has 3 heterocycles. The zero-order valence-electron chi connectivity index (χ0n) is 21.1. The highest BCUT2D eigenvalue weighted by Gasteiger charge is 2.63. The zero-order valence-corrected chi connectivity index (χ0v) is 22.7. The number of allylic oxidation sites excluding steroid dienone is 2. The van der Waals surface area contributed by atoms with Crippen LogP contribution in [0.3, 0.4) is 0 Å². The summed E-state index contributed by atoms with van der Waals surface area (Å²) in [6.45, 7) is 0. The molecule has 2 saturated heterocycles. The van der Waals surface area contributed by atoms with E-state index in [1.807, 2.05) is 0 Å². The van der Waals surface area contributed by atoms with Gasteiger partial charge in [0.1, 0.15) is 6.04 Å². The smallest absolute Gasteiger partial charge is 0.359 e. The van der Waals surface area contributed by atoms with E-state index in [-0.39, 0.29) is 17.0 Å². The molecule has 0 N–H and O–H groups in total. The lowest BCUT2D eigenvalue weighted by Crippen LogP contribution is -2.46. The highest BCUT2D eigenvalue weighted by Crippen LogP contribution is 2.47. The lowest BCUT2D eigenvalue weighted by atomic mass is 9.85. The Hall–Kier alpha value is -4.31. The molecule has 0 radical (unpaired) electrons. The number of hydrogen-bond donors (Lipinski definition) is 0. The molecule has 10 heteroatoms. The first-order valence-electron chi connectivity index (χ1n) is 12.7. The normalized spacial score (nSPS) is 23.4. The molecule has 0 aliphatic carbocycles. The summed E-state index contributed by atoms with van der Waals surface area (Å²) in [6, 6.07) is 17.1. The van der Waals surface area contributed by atoms with Gasteiger partial charge in [0.15, 0.2) is 11.6 Å². The maximum Gasteiger partial charge on any atom is 0.416 e. The Morgan fingerprint density at radius 1 is 0.805 bits per heavy atom. The summed E-state index contributed by atoms with van der Waals surface area (Å²) >= 11 is 3.33. The van der Waals surface area contributed by atoms with Crippen LogP contribution in [0.25, 0.3) is 0 Å². The van der Waals surface area contributed by atoms with Crippen molar-refractivity contribution in [3.63, 3.8) is 0 Å². The number of carbonyl (C=O) groups is 4. The Balaban J connectivity index is 1.43. The monoisotopic (exact) mass is 620 g/mol. The third kappa shape index (κ3) is 4.52. The molecule has 6 nitrogen and oxygen atoms in total. The van der Waals surface area contributed by atoms with Gasteiger partial charge in [-0.2, -0.15) is 13.2 Å². The molecule has 0 saturated carbocycles. The average Bonchev–Trinajstić information content (AvgIpc) is 3.44. The van der Waals surface area contributed by atoms with Gasteiger partial charge in [0.05, 0.1) is 29.1 Å². The highest BCUT2D eigenvalue weighted by molar-refractivity contribution is 9.10. The van der Waals surface area contributed by atoms with Crippen molar-refractivity contribution in [3.8, 4) is 0 Å². The van der Waals surface area contributed by atoms with Crippen LogP contribution < -0.4 is 4.90 Å². The molecule has 3 aliphatic rings. The summed E-state index contributed by atoms with van der Waals surface area (Å²) < 4.78 is 41.1. The molecule has 4 atom stereocenters. The molecular weight excluding hydrogens is 601 g/mol. The average molecular weight is 621 g/mol. The number of nitrogens with zero attached hydrogens (tertiary/aromatic N) is 2. The van der Waals surface area contributed by atoms with Gasteiger partial charge in [-0.1, -0.05) is 70.5 Å². The van der Waals surface area contributed by atoms with Crippen LogP contribution in [0, 0.1) is 11.8 Å². The number of alkyl halides is 3. The van der Waals surface area contributed by atoms with Gasteiger partial charge in [-0.15, -0.1) is 0 Å². The highest BCUT2D eigenvalue weighted by atomic mass is 79.9. The maximum absolute atomic E-state index is 13.9. The molecule has 3 aromatic carbocycles. The van der Waals surface area contributed by atoms with Crippen molar-refractivity contribution in [2.75, 3.05) is 4.90 Å². The third-order valence-corrected chi connectivity index (χ3v) is 8.20. The summed E-state index contributed by atoms with van der Waals surface area (Å²) in [6.07, 6.45) is -0.00904. The van der Waals surface area contributed by atoms with Gasteiger partial charge in [-0.25, -0.2) is 4.90 Å². The van der Waals surface area contributed by atoms with Gasteiger partial charge < -0.3 is 4.90 Å². The number of imide groups is 1. The summed E-state index contributed by atoms with van der Waals surface area (Å²) in [5.74, 6) is -4.47. The lowest BCUT2D eigenvalue weighted by Gasteiger charge is -2.33. The van der Waals surface area contributed by atoms with E-state index in [2.05, 4.69) is 15.9 Å². The molecule has 0 unspecified atom stereocenters. The maximum atomic E-state index is 13.9. The molecule has 0 bridgehead atoms. The van der Waals surface area contributed by atoms with Gasteiger partial charge >= 0.3 is 6.18 Å². The minimum atomic E-state index is -4.68. The number of rotatable bonds is 5. The van der Waals surface area contributed by atoms with Crippen molar-refractivity contribution in [1.29, 1.82) is 0 Å². The fraction of sp³-hybridized carbons (Fsp3) is 0.161. The van der Waals surface area contributed by atoms with Gasteiger partial charge in [0, 0.05) is 27.4 Å². The Kier molecular flexibility index (Phi) is 6.53. The number of hydrogen-bond acceptors (Lipinski definition) is 5. The first-order valence-corrected chi connectivity index (χ1v) is 13.5. The second-order valence-corrected chi connectivity index (χ2v) is 10.9. The van der Waals surface area contributed by atoms with Crippen molar-refractivity contribution in [3.05, 3.63) is 124 Å². The molecule has 0 spiro atoms. The molecule has 41 heavy (non-hydrogen) atoms. The van der Waals surface area contributed by atoms with E-state index in [0.29, 0.717) is 11.1 Å². The first kappa shape index (κ1) is 26.9. The lowest BCUT2D eigenvalue weighted by molar-refractivity contribution is -0.137. The minimum absolute atomic E-state index is 0.221. The number of carbonyl (C=O) groups excluding carboxylic acids is 4. The molecule has 6 rings (SSSR count). The summed E-state index contributed by atoms with van der Waals surface area (Å²) in [5.41, 5.74) is -0.215. The van der Waals surface area contributed by atoms with Crippen LogP contribution in [-0.2, 0) is 15.8 Å². The molecular formula is C31H20BrF3N2O4. The fourth-order valence-electron chi connectivity index (χ4n) is 5.81. The molecule has 0 aromatic heterocycles. The van der Waals surface area contributed by atoms with Crippen molar-refractivity contribution in [2.45, 2.75) is 18.3 Å². The number of anilines is 1.